The van der Waals surface area contributed by atoms with Gasteiger partial charge in [-0.1, -0.05) is 43.5 Å². The summed E-state index contributed by atoms with van der Waals surface area (Å²) in [6.07, 6.45) is 0. The molecular formula is C24H30FN5. The first-order valence-electron chi connectivity index (χ1n) is 9.52. The summed E-state index contributed by atoms with van der Waals surface area (Å²) in [5.74, 6) is 5.35. The summed E-state index contributed by atoms with van der Waals surface area (Å²) in [5.41, 5.74) is 17.4. The number of nitrogens with zero attached hydrogens (tertiary/aromatic N) is 2. The van der Waals surface area contributed by atoms with E-state index in [2.05, 4.69) is 24.7 Å². The van der Waals surface area contributed by atoms with Crippen LogP contribution in [0.4, 0.5) is 15.8 Å². The standard InChI is InChI=1S/C24H30FN5/c1-14(2)23(24-20(17(5)26)8-7-9-21(24)25)18(6)29-13-16(4)30(28)19-11-10-15(3)22(27)12-19/h7-12,23H,1,4-5,13,26-28H2,2-3,6H3/b29-18-. The zero-order chi connectivity index (χ0) is 22.6. The predicted molar refractivity (Wildman–Crippen MR) is 127 cm³/mol. The maximum atomic E-state index is 14.7. The normalized spacial score (nSPS) is 12.4. The highest BCUT2D eigenvalue weighted by Crippen LogP contribution is 2.32. The summed E-state index contributed by atoms with van der Waals surface area (Å²) < 4.78 is 14.7. The van der Waals surface area contributed by atoms with Gasteiger partial charge in [0.25, 0.3) is 0 Å². The van der Waals surface area contributed by atoms with Gasteiger partial charge in [0.2, 0.25) is 0 Å². The molecule has 0 radical (unpaired) electrons. The Morgan fingerprint density at radius 3 is 2.40 bits per heavy atom. The first-order valence-corrected chi connectivity index (χ1v) is 9.52. The van der Waals surface area contributed by atoms with Gasteiger partial charge in [-0.25, -0.2) is 10.2 Å². The third kappa shape index (κ3) is 4.96. The second-order valence-electron chi connectivity index (χ2n) is 7.44. The fourth-order valence-electron chi connectivity index (χ4n) is 3.27. The number of aliphatic imine (C=N–C) groups is 1. The first kappa shape index (κ1) is 22.9. The average molecular weight is 408 g/mol. The molecule has 1 atom stereocenters. The molecule has 0 heterocycles. The Kier molecular flexibility index (Phi) is 7.19. The van der Waals surface area contributed by atoms with Crippen LogP contribution in [-0.4, -0.2) is 12.3 Å². The van der Waals surface area contributed by atoms with Crippen LogP contribution in [0.25, 0.3) is 5.70 Å². The van der Waals surface area contributed by atoms with Gasteiger partial charge in [0.05, 0.1) is 12.2 Å². The molecule has 158 valence electrons. The van der Waals surface area contributed by atoms with Gasteiger partial charge in [0, 0.05) is 39.8 Å². The predicted octanol–water partition coefficient (Wildman–Crippen LogP) is 4.66. The van der Waals surface area contributed by atoms with Crippen molar-refractivity contribution in [3.63, 3.8) is 0 Å². The zero-order valence-corrected chi connectivity index (χ0v) is 17.9. The number of allylic oxidation sites excluding steroid dienone is 1. The second kappa shape index (κ2) is 9.41. The third-order valence-electron chi connectivity index (χ3n) is 4.99. The lowest BCUT2D eigenvalue weighted by Crippen LogP contribution is -2.31. The van der Waals surface area contributed by atoms with Crippen LogP contribution < -0.4 is 22.3 Å². The molecule has 0 saturated carbocycles. The van der Waals surface area contributed by atoms with Gasteiger partial charge in [-0.2, -0.15) is 0 Å². The molecule has 2 aromatic carbocycles. The minimum Gasteiger partial charge on any atom is -0.399 e. The molecule has 0 aliphatic heterocycles. The Balaban J connectivity index is 2.31. The fraction of sp³-hybridized carbons (Fsp3) is 0.208. The van der Waals surface area contributed by atoms with Crippen molar-refractivity contribution in [2.75, 3.05) is 17.3 Å². The Bertz CT molecular complexity index is 1020. The van der Waals surface area contributed by atoms with Gasteiger partial charge in [-0.3, -0.25) is 10.0 Å². The molecular weight excluding hydrogens is 377 g/mol. The van der Waals surface area contributed by atoms with E-state index in [-0.39, 0.29) is 18.1 Å². The van der Waals surface area contributed by atoms with Crippen molar-refractivity contribution in [3.8, 4) is 0 Å². The van der Waals surface area contributed by atoms with Gasteiger partial charge >= 0.3 is 0 Å². The highest BCUT2D eigenvalue weighted by atomic mass is 19.1. The summed E-state index contributed by atoms with van der Waals surface area (Å²) in [7, 11) is 0. The van der Waals surface area contributed by atoms with Crippen LogP contribution in [0.2, 0.25) is 0 Å². The number of halogens is 1. The van der Waals surface area contributed by atoms with E-state index in [0.29, 0.717) is 33.9 Å². The molecule has 0 aromatic heterocycles. The van der Waals surface area contributed by atoms with E-state index in [1.165, 1.54) is 11.1 Å². The van der Waals surface area contributed by atoms with Crippen LogP contribution in [0.5, 0.6) is 0 Å². The highest BCUT2D eigenvalue weighted by molar-refractivity contribution is 5.93. The lowest BCUT2D eigenvalue weighted by atomic mass is 9.85. The van der Waals surface area contributed by atoms with Crippen LogP contribution >= 0.6 is 0 Å². The summed E-state index contributed by atoms with van der Waals surface area (Å²) >= 11 is 0. The number of anilines is 2. The molecule has 0 saturated heterocycles. The van der Waals surface area contributed by atoms with Crippen LogP contribution in [0.3, 0.4) is 0 Å². The SMILES string of the molecule is C=C(N)c1cccc(F)c1C(C(=C)C)/C(C)=N\CC(=C)N(N)c1ccc(C)c(N)c1. The summed E-state index contributed by atoms with van der Waals surface area (Å²) in [6.45, 7) is 17.6. The molecule has 6 heteroatoms. The van der Waals surface area contributed by atoms with Crippen LogP contribution in [0.15, 0.2) is 72.4 Å². The van der Waals surface area contributed by atoms with Crippen molar-refractivity contribution in [2.24, 2.45) is 16.6 Å². The average Bonchev–Trinajstić information content (AvgIpc) is 2.68. The number of aryl methyl sites for hydroxylation is 1. The zero-order valence-electron chi connectivity index (χ0n) is 17.9. The molecule has 0 spiro atoms. The monoisotopic (exact) mass is 407 g/mol. The third-order valence-corrected chi connectivity index (χ3v) is 4.99. The van der Waals surface area contributed by atoms with Crippen molar-refractivity contribution < 1.29 is 4.39 Å². The van der Waals surface area contributed by atoms with E-state index in [0.717, 1.165) is 11.1 Å². The summed E-state index contributed by atoms with van der Waals surface area (Å²) in [4.78, 5) is 4.62. The molecule has 5 nitrogen and oxygen atoms in total. The molecule has 6 N–H and O–H groups in total. The van der Waals surface area contributed by atoms with E-state index in [1.807, 2.05) is 32.9 Å². The highest BCUT2D eigenvalue weighted by Gasteiger charge is 2.23. The molecule has 0 aliphatic carbocycles. The molecule has 0 bridgehead atoms. The lowest BCUT2D eigenvalue weighted by Gasteiger charge is -2.23. The number of rotatable bonds is 8. The molecule has 1 unspecified atom stereocenters. The van der Waals surface area contributed by atoms with Crippen molar-refractivity contribution in [2.45, 2.75) is 26.7 Å². The minimum atomic E-state index is -0.449. The van der Waals surface area contributed by atoms with E-state index in [1.54, 1.807) is 18.2 Å². The van der Waals surface area contributed by atoms with Crippen molar-refractivity contribution in [1.29, 1.82) is 0 Å². The number of nitrogens with two attached hydrogens (primary N) is 3. The van der Waals surface area contributed by atoms with Gasteiger partial charge in [-0.15, -0.1) is 0 Å². The van der Waals surface area contributed by atoms with Gasteiger partial charge in [0.15, 0.2) is 0 Å². The second-order valence-corrected chi connectivity index (χ2v) is 7.44. The molecule has 30 heavy (non-hydrogen) atoms. The maximum absolute atomic E-state index is 14.7. The van der Waals surface area contributed by atoms with Gasteiger partial charge < -0.3 is 11.5 Å². The van der Waals surface area contributed by atoms with Gasteiger partial charge in [-0.05, 0) is 44.5 Å². The van der Waals surface area contributed by atoms with E-state index < -0.39 is 5.92 Å². The van der Waals surface area contributed by atoms with Crippen molar-refractivity contribution in [3.05, 3.63) is 89.9 Å². The van der Waals surface area contributed by atoms with Crippen LogP contribution in [0.1, 0.15) is 36.5 Å². The van der Waals surface area contributed by atoms with E-state index in [9.17, 15) is 4.39 Å². The first-order chi connectivity index (χ1) is 14.0. The van der Waals surface area contributed by atoms with Crippen molar-refractivity contribution in [1.82, 2.24) is 0 Å². The van der Waals surface area contributed by atoms with E-state index in [4.69, 9.17) is 17.3 Å². The quantitative estimate of drug-likeness (QED) is 0.195. The van der Waals surface area contributed by atoms with Crippen LogP contribution in [-0.2, 0) is 0 Å². The molecule has 2 aromatic rings. The van der Waals surface area contributed by atoms with Crippen molar-refractivity contribution >= 4 is 22.8 Å². The summed E-state index contributed by atoms with van der Waals surface area (Å²) in [5, 5.41) is 1.44. The topological polar surface area (TPSA) is 93.7 Å². The number of nitrogen functional groups attached to an aromatic ring is 1. The number of hydrazine groups is 1. The number of hydrogen-bond donors (Lipinski definition) is 3. The molecule has 0 fully saturated rings. The van der Waals surface area contributed by atoms with E-state index >= 15 is 0 Å². The lowest BCUT2D eigenvalue weighted by molar-refractivity contribution is 0.608. The maximum Gasteiger partial charge on any atom is 0.128 e. The number of hydrogen-bond acceptors (Lipinski definition) is 5. The molecule has 0 aliphatic rings. The Hall–Kier alpha value is -3.38. The summed E-state index contributed by atoms with van der Waals surface area (Å²) in [6, 6.07) is 10.3. The molecule has 0 amide bonds. The Morgan fingerprint density at radius 1 is 1.17 bits per heavy atom. The minimum absolute atomic E-state index is 0.229. The smallest absolute Gasteiger partial charge is 0.128 e. The largest absolute Gasteiger partial charge is 0.399 e. The fourth-order valence-corrected chi connectivity index (χ4v) is 3.27. The number of benzene rings is 2. The molecule has 2 rings (SSSR count). The van der Waals surface area contributed by atoms with Gasteiger partial charge in [0.1, 0.15) is 5.82 Å². The van der Waals surface area contributed by atoms with Crippen LogP contribution in [0, 0.1) is 12.7 Å². The Morgan fingerprint density at radius 2 is 1.83 bits per heavy atom. The Labute approximate surface area is 178 Å².